The Morgan fingerprint density at radius 3 is 0.903 bits per heavy atom. The molecule has 492 valence electrons. The van der Waals surface area contributed by atoms with Crippen LogP contribution >= 0.6 is 0 Å². The number of aromatic nitrogens is 2. The van der Waals surface area contributed by atoms with Crippen LogP contribution in [-0.2, 0) is 32.5 Å². The van der Waals surface area contributed by atoms with Gasteiger partial charge in [-0.1, -0.05) is 214 Å². The number of nitrogens with zero attached hydrogens (tertiary/aromatic N) is 2. The van der Waals surface area contributed by atoms with Crippen molar-refractivity contribution in [3.05, 3.63) is 178 Å². The molecule has 9 heteroatoms. The lowest BCUT2D eigenvalue weighted by Gasteiger charge is -2.37. The first-order valence-corrected chi connectivity index (χ1v) is 36.9. The van der Waals surface area contributed by atoms with Gasteiger partial charge in [0.1, 0.15) is 42.6 Å². The minimum Gasteiger partial charge on any atom is -0.505 e. The summed E-state index contributed by atoms with van der Waals surface area (Å²) in [6, 6.07) is 43.9. The van der Waals surface area contributed by atoms with Crippen LogP contribution in [0.4, 0.5) is 8.78 Å². The highest BCUT2D eigenvalue weighted by atomic mass is 28.3. The zero-order chi connectivity index (χ0) is 68.5. The van der Waals surface area contributed by atoms with Crippen LogP contribution in [0.2, 0.25) is 13.1 Å². The van der Waals surface area contributed by atoms with Gasteiger partial charge >= 0.3 is 0 Å². The third-order valence-electron chi connectivity index (χ3n) is 18.8. The first-order chi connectivity index (χ1) is 42.7. The molecule has 0 radical (unpaired) electrons. The van der Waals surface area contributed by atoms with E-state index in [1.165, 1.54) is 46.5 Å². The van der Waals surface area contributed by atoms with Crippen molar-refractivity contribution in [2.45, 2.75) is 211 Å². The van der Waals surface area contributed by atoms with E-state index in [1.54, 1.807) is 12.1 Å². The molecule has 0 spiro atoms. The van der Waals surface area contributed by atoms with Gasteiger partial charge in [0.05, 0.1) is 34.5 Å². The van der Waals surface area contributed by atoms with Crippen molar-refractivity contribution in [1.29, 1.82) is 0 Å². The van der Waals surface area contributed by atoms with Crippen LogP contribution in [0.25, 0.3) is 77.2 Å². The number of phenolic OH excluding ortho intramolecular Hbond substituents is 2. The first-order valence-electron chi connectivity index (χ1n) is 33.5. The summed E-state index contributed by atoms with van der Waals surface area (Å²) >= 11 is 0. The van der Waals surface area contributed by atoms with E-state index in [-0.39, 0.29) is 56.4 Å². The number of hydrogen-bond donors (Lipinski definition) is 2. The van der Waals surface area contributed by atoms with Crippen molar-refractivity contribution >= 4 is 51.7 Å². The number of hydrogen-bond acceptors (Lipinski definition) is 4. The van der Waals surface area contributed by atoms with E-state index < -0.39 is 30.5 Å². The Labute approximate surface area is 555 Å². The molecule has 0 unspecified atom stereocenters. The van der Waals surface area contributed by atoms with Crippen molar-refractivity contribution in [3.8, 4) is 56.6 Å². The Morgan fingerprint density at radius 1 is 0.376 bits per heavy atom. The fourth-order valence-electron chi connectivity index (χ4n) is 14.6. The Bertz CT molecular complexity index is 4100. The Hall–Kier alpha value is -7.36. The van der Waals surface area contributed by atoms with Gasteiger partial charge in [0, 0.05) is 43.8 Å². The van der Waals surface area contributed by atoms with Gasteiger partial charge < -0.3 is 28.8 Å². The third-order valence-corrected chi connectivity index (χ3v) is 20.6. The van der Waals surface area contributed by atoms with Crippen LogP contribution in [0.5, 0.6) is 23.0 Å². The van der Waals surface area contributed by atoms with Crippen LogP contribution in [0.3, 0.4) is 0 Å². The van der Waals surface area contributed by atoms with Crippen molar-refractivity contribution in [3.63, 3.8) is 0 Å². The maximum Gasteiger partial charge on any atom is 0.151 e. The molecule has 93 heavy (non-hydrogen) atoms. The van der Waals surface area contributed by atoms with Crippen LogP contribution in [-0.4, -0.2) is 39.9 Å². The van der Waals surface area contributed by atoms with Gasteiger partial charge in [-0.15, -0.1) is 0 Å². The minimum absolute atomic E-state index is 0.0140. The molecule has 2 aromatic heterocycles. The smallest absolute Gasteiger partial charge is 0.151 e. The van der Waals surface area contributed by atoms with E-state index in [9.17, 15) is 10.2 Å². The lowest BCUT2D eigenvalue weighted by Crippen LogP contribution is -2.42. The molecule has 10 aromatic rings. The Balaban J connectivity index is 1.23. The number of rotatable bonds is 14. The number of phenols is 2. The van der Waals surface area contributed by atoms with Gasteiger partial charge in [-0.05, 0) is 174 Å². The molecule has 0 aliphatic rings. The van der Waals surface area contributed by atoms with E-state index in [4.69, 9.17) is 9.47 Å². The highest BCUT2D eigenvalue weighted by Gasteiger charge is 2.40. The Morgan fingerprint density at radius 2 is 0.656 bits per heavy atom. The standard InChI is InChI=1S/C84H104F2N2O4Si/c1-77(2,3)47-83(19,20)65-45-59(51-27-25-29-57(85)39-51)73(89)71(87-67-35-31-53(79(7,8)9)41-61(67)62-42-54(80(10,11)12)32-36-68(62)87)75(65)91-49-93(23,24)50-92-76-66(84(21,22)48-78(4,5)6)46-60(52-28-26-30-58(86)40-52)74(90)72(76)88-69-37-33-55(81(13,14)15)43-63(69)64-44-56(82(16,17)18)34-38-70(64)88/h25-46,89-90H,47-50H2,1-24H3. The van der Waals surface area contributed by atoms with Gasteiger partial charge in [0.25, 0.3) is 0 Å². The molecular formula is C84H104F2N2O4Si. The normalized spacial score (nSPS) is 13.5. The maximum atomic E-state index is 15.6. The van der Waals surface area contributed by atoms with Gasteiger partial charge in [0.15, 0.2) is 11.5 Å². The summed E-state index contributed by atoms with van der Waals surface area (Å²) in [6.45, 7) is 53.9. The van der Waals surface area contributed by atoms with Crippen LogP contribution < -0.4 is 9.47 Å². The predicted octanol–water partition coefficient (Wildman–Crippen LogP) is 23.8. The highest BCUT2D eigenvalue weighted by molar-refractivity contribution is 6.77. The monoisotopic (exact) mass is 1270 g/mol. The topological polar surface area (TPSA) is 68.8 Å². The molecule has 10 rings (SSSR count). The minimum atomic E-state index is -2.80. The summed E-state index contributed by atoms with van der Waals surface area (Å²) in [4.78, 5) is 0. The molecule has 0 bridgehead atoms. The highest BCUT2D eigenvalue weighted by Crippen LogP contribution is 2.55. The Kier molecular flexibility index (Phi) is 17.3. The molecule has 0 saturated carbocycles. The third kappa shape index (κ3) is 13.8. The molecule has 0 fully saturated rings. The second kappa shape index (κ2) is 23.5. The molecule has 0 atom stereocenters. The quantitative estimate of drug-likeness (QED) is 0.106. The lowest BCUT2D eigenvalue weighted by atomic mass is 9.71. The summed E-state index contributed by atoms with van der Waals surface area (Å²) in [5, 5.41) is 31.3. The van der Waals surface area contributed by atoms with Crippen LogP contribution in [0, 0.1) is 22.5 Å². The molecule has 8 aromatic carbocycles. The number of aromatic hydroxyl groups is 2. The zero-order valence-corrected chi connectivity index (χ0v) is 61.4. The fraction of sp³-hybridized carbons (Fsp3) is 0.429. The van der Waals surface area contributed by atoms with Crippen molar-refractivity contribution in [2.75, 3.05) is 12.5 Å². The van der Waals surface area contributed by atoms with Gasteiger partial charge in [-0.3, -0.25) is 0 Å². The van der Waals surface area contributed by atoms with E-state index in [0.29, 0.717) is 45.1 Å². The molecule has 0 saturated heterocycles. The molecule has 2 heterocycles. The molecular weight excluding hydrogens is 1170 g/mol. The first kappa shape index (κ1) is 68.5. The summed E-state index contributed by atoms with van der Waals surface area (Å²) < 4.78 is 51.0. The van der Waals surface area contributed by atoms with Crippen molar-refractivity contribution in [2.24, 2.45) is 10.8 Å². The summed E-state index contributed by atoms with van der Waals surface area (Å²) in [5.41, 5.74) is 11.3. The van der Waals surface area contributed by atoms with E-state index >= 15 is 8.78 Å². The van der Waals surface area contributed by atoms with Gasteiger partial charge in [-0.2, -0.15) is 0 Å². The average Bonchev–Trinajstić information content (AvgIpc) is 1.64. The summed E-state index contributed by atoms with van der Waals surface area (Å²) in [7, 11) is -2.80. The average molecular weight is 1270 g/mol. The van der Waals surface area contributed by atoms with E-state index in [0.717, 1.165) is 67.6 Å². The van der Waals surface area contributed by atoms with E-state index in [1.807, 2.05) is 24.3 Å². The fourth-order valence-corrected chi connectivity index (χ4v) is 15.7. The largest absolute Gasteiger partial charge is 0.505 e. The van der Waals surface area contributed by atoms with E-state index in [2.05, 4.69) is 247 Å². The molecule has 0 aliphatic heterocycles. The zero-order valence-electron chi connectivity index (χ0n) is 60.4. The van der Waals surface area contributed by atoms with Gasteiger partial charge in [0.2, 0.25) is 0 Å². The van der Waals surface area contributed by atoms with Crippen LogP contribution in [0.1, 0.15) is 199 Å². The predicted molar refractivity (Wildman–Crippen MR) is 393 cm³/mol. The number of benzene rings is 8. The summed E-state index contributed by atoms with van der Waals surface area (Å²) in [6.07, 6.45) is 2.04. The molecule has 0 amide bonds. The SMILES string of the molecule is CC(C)(C)CC(C)(C)c1cc(-c2cccc(F)c2)c(O)c(-n2c3ccc(C(C)(C)C)cc3c3cc(C(C)(C)C)ccc32)c1OC[Si](C)(C)COc1c(C(C)(C)CC(C)(C)C)cc(-c2cccc(F)c2)c(O)c1-n1c2ccc(C(C)(C)C)cc2c2cc(C(C)(C)C)ccc21. The number of halogens is 2. The van der Waals surface area contributed by atoms with Crippen molar-refractivity contribution < 1.29 is 28.5 Å². The molecule has 0 aliphatic carbocycles. The van der Waals surface area contributed by atoms with Crippen molar-refractivity contribution in [1.82, 2.24) is 9.13 Å². The lowest BCUT2D eigenvalue weighted by molar-refractivity contribution is 0.270. The number of ether oxygens (including phenoxy) is 2. The maximum absolute atomic E-state index is 15.6. The van der Waals surface area contributed by atoms with Crippen LogP contribution in [0.15, 0.2) is 133 Å². The number of fused-ring (bicyclic) bond motifs is 6. The molecule has 6 nitrogen and oxygen atoms in total. The molecule has 2 N–H and O–H groups in total. The summed E-state index contributed by atoms with van der Waals surface area (Å²) in [5.74, 6) is 0.289. The van der Waals surface area contributed by atoms with Gasteiger partial charge in [-0.25, -0.2) is 8.78 Å². The second-order valence-electron chi connectivity index (χ2n) is 35.6. The second-order valence-corrected chi connectivity index (χ2v) is 40.5.